The van der Waals surface area contributed by atoms with Crippen LogP contribution < -0.4 is 0 Å². The maximum Gasteiger partial charge on any atom is 0.146 e. The van der Waals surface area contributed by atoms with Crippen molar-refractivity contribution in [1.29, 1.82) is 0 Å². The van der Waals surface area contributed by atoms with E-state index < -0.39 is 0 Å². The van der Waals surface area contributed by atoms with Crippen LogP contribution in [-0.2, 0) is 12.8 Å². The lowest BCUT2D eigenvalue weighted by Crippen LogP contribution is -1.88. The summed E-state index contributed by atoms with van der Waals surface area (Å²) in [6.07, 6.45) is 4.40. The summed E-state index contributed by atoms with van der Waals surface area (Å²) in [7, 11) is 0. The first-order valence-electron chi connectivity index (χ1n) is 11.6. The topological polar surface area (TPSA) is 0 Å². The predicted octanol–water partition coefficient (Wildman–Crippen LogP) is 7.68. The average molecular weight is 431 g/mol. The van der Waals surface area contributed by atoms with Gasteiger partial charge in [-0.25, -0.2) is 4.39 Å². The van der Waals surface area contributed by atoms with Crippen molar-refractivity contribution in [3.63, 3.8) is 0 Å². The first kappa shape index (κ1) is 22.4. The summed E-state index contributed by atoms with van der Waals surface area (Å²) >= 11 is 0. The van der Waals surface area contributed by atoms with Crippen molar-refractivity contribution >= 4 is 10.8 Å². The Balaban J connectivity index is 1.54. The predicted molar refractivity (Wildman–Crippen MR) is 137 cm³/mol. The van der Waals surface area contributed by atoms with Gasteiger partial charge < -0.3 is 0 Å². The lowest BCUT2D eigenvalue weighted by molar-refractivity contribution is 0.636. The van der Waals surface area contributed by atoms with Crippen LogP contribution in [0.1, 0.15) is 60.1 Å². The molecule has 162 valence electrons. The Morgan fingerprint density at radius 2 is 1.09 bits per heavy atom. The number of rotatable bonds is 4. The molecule has 0 atom stereocenters. The fourth-order valence-electron chi connectivity index (χ4n) is 3.84. The van der Waals surface area contributed by atoms with Crippen LogP contribution in [-0.4, -0.2) is 0 Å². The van der Waals surface area contributed by atoms with Crippen LogP contribution in [0.25, 0.3) is 10.8 Å². The van der Waals surface area contributed by atoms with Gasteiger partial charge in [0, 0.05) is 22.1 Å². The molecule has 4 aromatic carbocycles. The molecular formula is C32H27F. The molecule has 0 aliphatic carbocycles. The zero-order valence-corrected chi connectivity index (χ0v) is 19.2. The molecule has 0 N–H and O–H groups in total. The molecule has 0 aliphatic heterocycles. The molecular weight excluding hydrogens is 403 g/mol. The molecule has 0 radical (unpaired) electrons. The van der Waals surface area contributed by atoms with Gasteiger partial charge in [-0.3, -0.25) is 0 Å². The number of halogens is 1. The third-order valence-corrected chi connectivity index (χ3v) is 5.63. The normalized spacial score (nSPS) is 10.3. The van der Waals surface area contributed by atoms with Crippen LogP contribution in [0.5, 0.6) is 0 Å². The first-order chi connectivity index (χ1) is 16.2. The van der Waals surface area contributed by atoms with E-state index in [1.54, 1.807) is 12.1 Å². The molecule has 0 amide bonds. The van der Waals surface area contributed by atoms with Crippen molar-refractivity contribution in [2.45, 2.75) is 39.5 Å². The number of aryl methyl sites for hydroxylation is 2. The highest BCUT2D eigenvalue weighted by Crippen LogP contribution is 2.22. The van der Waals surface area contributed by atoms with Crippen molar-refractivity contribution in [3.8, 4) is 23.7 Å². The molecule has 0 fully saturated rings. The second-order valence-electron chi connectivity index (χ2n) is 8.26. The van der Waals surface area contributed by atoms with Crippen molar-refractivity contribution in [2.24, 2.45) is 0 Å². The Kier molecular flexibility index (Phi) is 7.24. The average Bonchev–Trinajstić information content (AvgIpc) is 2.84. The van der Waals surface area contributed by atoms with Crippen LogP contribution in [0, 0.1) is 29.5 Å². The Labute approximate surface area is 196 Å². The second kappa shape index (κ2) is 10.7. The van der Waals surface area contributed by atoms with Crippen molar-refractivity contribution in [3.05, 3.63) is 118 Å². The third-order valence-electron chi connectivity index (χ3n) is 5.63. The summed E-state index contributed by atoms with van der Waals surface area (Å²) in [5.41, 5.74) is 5.78. The standard InChI is InChI=1S/C32H27F/c1-3-5-24-7-11-26(12-8-24)15-16-28-18-22-31-30(23-28)21-20-29(32(31)33)19-17-27-13-9-25(6-4-2)10-14-27/h7-14,18,20-23H,3-6H2,1-2H3. The Morgan fingerprint density at radius 3 is 1.67 bits per heavy atom. The minimum atomic E-state index is -0.284. The smallest absolute Gasteiger partial charge is 0.146 e. The zero-order valence-electron chi connectivity index (χ0n) is 19.2. The van der Waals surface area contributed by atoms with E-state index in [1.165, 1.54) is 11.1 Å². The number of benzene rings is 4. The minimum Gasteiger partial charge on any atom is -0.205 e. The lowest BCUT2D eigenvalue weighted by Gasteiger charge is -2.03. The number of fused-ring (bicyclic) bond motifs is 1. The highest BCUT2D eigenvalue weighted by Gasteiger charge is 2.06. The van der Waals surface area contributed by atoms with Gasteiger partial charge in [0.05, 0.1) is 5.56 Å². The van der Waals surface area contributed by atoms with E-state index in [9.17, 15) is 0 Å². The summed E-state index contributed by atoms with van der Waals surface area (Å²) in [5, 5.41) is 1.39. The highest BCUT2D eigenvalue weighted by atomic mass is 19.1. The quantitative estimate of drug-likeness (QED) is 0.291. The van der Waals surface area contributed by atoms with E-state index in [0.717, 1.165) is 47.8 Å². The van der Waals surface area contributed by atoms with Crippen molar-refractivity contribution < 1.29 is 4.39 Å². The van der Waals surface area contributed by atoms with Crippen LogP contribution in [0.4, 0.5) is 4.39 Å². The molecule has 0 unspecified atom stereocenters. The molecule has 1 heteroatoms. The Morgan fingerprint density at radius 1 is 0.576 bits per heavy atom. The molecule has 4 aromatic rings. The molecule has 0 aliphatic rings. The Hall–Kier alpha value is -3.81. The van der Waals surface area contributed by atoms with Gasteiger partial charge in [0.1, 0.15) is 5.82 Å². The van der Waals surface area contributed by atoms with E-state index in [-0.39, 0.29) is 5.82 Å². The SMILES string of the molecule is CCCc1ccc(C#Cc2ccc3c(F)c(C#Cc4ccc(CCC)cc4)ccc3c2)cc1. The second-order valence-corrected chi connectivity index (χ2v) is 8.26. The maximum absolute atomic E-state index is 15.1. The van der Waals surface area contributed by atoms with Gasteiger partial charge in [-0.1, -0.05) is 86.8 Å². The minimum absolute atomic E-state index is 0.284. The van der Waals surface area contributed by atoms with E-state index in [4.69, 9.17) is 0 Å². The first-order valence-corrected chi connectivity index (χ1v) is 11.6. The molecule has 0 saturated carbocycles. The summed E-state index contributed by atoms with van der Waals surface area (Å²) in [4.78, 5) is 0. The fourth-order valence-corrected chi connectivity index (χ4v) is 3.84. The van der Waals surface area contributed by atoms with Gasteiger partial charge in [-0.15, -0.1) is 0 Å². The lowest BCUT2D eigenvalue weighted by atomic mass is 10.0. The maximum atomic E-state index is 15.1. The number of hydrogen-bond donors (Lipinski definition) is 0. The van der Waals surface area contributed by atoms with Gasteiger partial charge in [-0.2, -0.15) is 0 Å². The van der Waals surface area contributed by atoms with Crippen LogP contribution in [0.2, 0.25) is 0 Å². The summed E-state index contributed by atoms with van der Waals surface area (Å²) in [6.45, 7) is 4.34. The monoisotopic (exact) mass is 430 g/mol. The summed E-state index contributed by atoms with van der Waals surface area (Å²) in [5.74, 6) is 12.2. The van der Waals surface area contributed by atoms with Gasteiger partial charge in [-0.05, 0) is 71.8 Å². The molecule has 4 rings (SSSR count). The third kappa shape index (κ3) is 5.71. The molecule has 0 spiro atoms. The van der Waals surface area contributed by atoms with Crippen LogP contribution >= 0.6 is 0 Å². The molecule has 0 saturated heterocycles. The molecule has 0 heterocycles. The molecule has 33 heavy (non-hydrogen) atoms. The largest absolute Gasteiger partial charge is 0.205 e. The van der Waals surface area contributed by atoms with Gasteiger partial charge >= 0.3 is 0 Å². The van der Waals surface area contributed by atoms with Gasteiger partial charge in [0.15, 0.2) is 0 Å². The summed E-state index contributed by atoms with van der Waals surface area (Å²) < 4.78 is 15.1. The van der Waals surface area contributed by atoms with E-state index in [2.05, 4.69) is 73.9 Å². The van der Waals surface area contributed by atoms with Crippen molar-refractivity contribution in [1.82, 2.24) is 0 Å². The van der Waals surface area contributed by atoms with Crippen LogP contribution in [0.15, 0.2) is 78.9 Å². The van der Waals surface area contributed by atoms with Crippen LogP contribution in [0.3, 0.4) is 0 Å². The zero-order chi connectivity index (χ0) is 23.0. The fraction of sp³-hybridized carbons (Fsp3) is 0.188. The van der Waals surface area contributed by atoms with E-state index in [0.29, 0.717) is 10.9 Å². The molecule has 0 aromatic heterocycles. The highest BCUT2D eigenvalue weighted by molar-refractivity contribution is 5.86. The van der Waals surface area contributed by atoms with E-state index >= 15 is 4.39 Å². The summed E-state index contributed by atoms with van der Waals surface area (Å²) in [6, 6.07) is 25.8. The van der Waals surface area contributed by atoms with Crippen molar-refractivity contribution in [2.75, 3.05) is 0 Å². The van der Waals surface area contributed by atoms with Gasteiger partial charge in [0.2, 0.25) is 0 Å². The van der Waals surface area contributed by atoms with Gasteiger partial charge in [0.25, 0.3) is 0 Å². The number of hydrogen-bond acceptors (Lipinski definition) is 0. The van der Waals surface area contributed by atoms with E-state index in [1.807, 2.05) is 30.3 Å². The molecule has 0 bridgehead atoms. The molecule has 0 nitrogen and oxygen atoms in total. The Bertz CT molecular complexity index is 1370.